The van der Waals surface area contributed by atoms with Crippen LogP contribution in [-0.4, -0.2) is 35.0 Å². The molecular formula is C7H16N2O2S2. The summed E-state index contributed by atoms with van der Waals surface area (Å²) in [6, 6.07) is 0. The van der Waals surface area contributed by atoms with E-state index in [9.17, 15) is 4.79 Å². The molecule has 0 aromatic carbocycles. The normalized spacial score (nSPS) is 7.92. The van der Waals surface area contributed by atoms with Crippen LogP contribution in [0.4, 0.5) is 0 Å². The summed E-state index contributed by atoms with van der Waals surface area (Å²) in [5.41, 5.74) is 0. The van der Waals surface area contributed by atoms with Gasteiger partial charge >= 0.3 is 5.97 Å². The number of carboxylic acids is 1. The molecule has 78 valence electrons. The molecule has 0 amide bonds. The minimum absolute atomic E-state index is 0.0833. The third kappa shape index (κ3) is 18.5. The third-order valence-corrected chi connectivity index (χ3v) is 1.37. The Morgan fingerprint density at radius 2 is 1.69 bits per heavy atom. The number of thiol groups is 1. The zero-order valence-electron chi connectivity index (χ0n) is 7.83. The van der Waals surface area contributed by atoms with Gasteiger partial charge in [-0.15, -0.1) is 0 Å². The fraction of sp³-hybridized carbons (Fsp3) is 0.714. The van der Waals surface area contributed by atoms with Gasteiger partial charge in [0.1, 0.15) is 0 Å². The zero-order valence-corrected chi connectivity index (χ0v) is 9.54. The molecule has 0 saturated carbocycles. The zero-order chi connectivity index (χ0) is 10.7. The van der Waals surface area contributed by atoms with Gasteiger partial charge in [-0.3, -0.25) is 4.79 Å². The highest BCUT2D eigenvalue weighted by Gasteiger charge is 1.84. The Hall–Kier alpha value is -0.490. The topological polar surface area (TPSA) is 61.4 Å². The van der Waals surface area contributed by atoms with E-state index in [-0.39, 0.29) is 5.75 Å². The van der Waals surface area contributed by atoms with Gasteiger partial charge in [-0.1, -0.05) is 0 Å². The molecule has 0 spiro atoms. The first-order valence-corrected chi connectivity index (χ1v) is 4.96. The van der Waals surface area contributed by atoms with Crippen molar-refractivity contribution in [3.8, 4) is 0 Å². The molecule has 0 aliphatic heterocycles. The molecule has 0 unspecified atom stereocenters. The average Bonchev–Trinajstić information content (AvgIpc) is 2.06. The Morgan fingerprint density at radius 1 is 1.38 bits per heavy atom. The molecule has 0 aromatic heterocycles. The van der Waals surface area contributed by atoms with Crippen molar-refractivity contribution in [1.82, 2.24) is 10.6 Å². The van der Waals surface area contributed by atoms with Crippen LogP contribution in [-0.2, 0) is 4.79 Å². The van der Waals surface area contributed by atoms with E-state index in [0.29, 0.717) is 0 Å². The highest BCUT2D eigenvalue weighted by molar-refractivity contribution is 7.81. The fourth-order valence-electron chi connectivity index (χ4n) is 0.384. The number of nitrogens with one attached hydrogen (secondary N) is 2. The molecule has 4 nitrogen and oxygen atoms in total. The highest BCUT2D eigenvalue weighted by atomic mass is 32.1. The summed E-state index contributed by atoms with van der Waals surface area (Å²) in [5.74, 6) is -0.965. The van der Waals surface area contributed by atoms with Crippen molar-refractivity contribution < 1.29 is 9.90 Å². The predicted octanol–water partition coefficient (Wildman–Crippen LogP) is 0.491. The lowest BCUT2D eigenvalue weighted by Gasteiger charge is -2.03. The first-order valence-electron chi connectivity index (χ1n) is 3.92. The van der Waals surface area contributed by atoms with Gasteiger partial charge in [0.25, 0.3) is 0 Å². The average molecular weight is 224 g/mol. The van der Waals surface area contributed by atoms with Crippen molar-refractivity contribution in [1.29, 1.82) is 0 Å². The van der Waals surface area contributed by atoms with Crippen molar-refractivity contribution in [2.24, 2.45) is 0 Å². The van der Waals surface area contributed by atoms with Crippen molar-refractivity contribution in [2.45, 2.75) is 13.8 Å². The molecule has 13 heavy (non-hydrogen) atoms. The van der Waals surface area contributed by atoms with Crippen LogP contribution >= 0.6 is 24.8 Å². The maximum atomic E-state index is 9.29. The van der Waals surface area contributed by atoms with E-state index >= 15 is 0 Å². The number of carboxylic acid groups (broad SMARTS) is 1. The molecule has 0 aliphatic rings. The van der Waals surface area contributed by atoms with Gasteiger partial charge in [-0.05, 0) is 26.1 Å². The van der Waals surface area contributed by atoms with Crippen LogP contribution in [0.1, 0.15) is 13.8 Å². The van der Waals surface area contributed by atoms with Crippen LogP contribution in [0.25, 0.3) is 0 Å². The van der Waals surface area contributed by atoms with Crippen LogP contribution in [0.15, 0.2) is 0 Å². The maximum absolute atomic E-state index is 9.29. The van der Waals surface area contributed by atoms with Crippen LogP contribution in [0.3, 0.4) is 0 Å². The molecule has 0 atom stereocenters. The van der Waals surface area contributed by atoms with Crippen LogP contribution in [0.2, 0.25) is 0 Å². The smallest absolute Gasteiger partial charge is 0.313 e. The molecule has 0 radical (unpaired) electrons. The molecule has 0 aliphatic carbocycles. The molecule has 0 heterocycles. The standard InChI is InChI=1S/C5H12N2S.C2H4O2S/c1-3-6-5(8)7-4-2;3-2(4)1-5/h3-4H2,1-2H3,(H2,6,7,8);5H,1H2,(H,3,4). The van der Waals surface area contributed by atoms with E-state index in [4.69, 9.17) is 17.3 Å². The molecule has 3 N–H and O–H groups in total. The molecule has 0 fully saturated rings. The van der Waals surface area contributed by atoms with Gasteiger partial charge in [0.15, 0.2) is 5.11 Å². The number of hydrogen-bond donors (Lipinski definition) is 4. The van der Waals surface area contributed by atoms with Gasteiger partial charge in [-0.25, -0.2) is 0 Å². The Bertz CT molecular complexity index is 145. The summed E-state index contributed by atoms with van der Waals surface area (Å²) in [5, 5.41) is 14.3. The lowest BCUT2D eigenvalue weighted by molar-refractivity contribution is -0.133. The second-order valence-electron chi connectivity index (χ2n) is 1.94. The fourth-order valence-corrected chi connectivity index (χ4v) is 0.672. The maximum Gasteiger partial charge on any atom is 0.313 e. The van der Waals surface area contributed by atoms with Crippen molar-refractivity contribution in [3.63, 3.8) is 0 Å². The van der Waals surface area contributed by atoms with E-state index in [1.165, 1.54) is 0 Å². The first-order chi connectivity index (χ1) is 6.08. The Labute approximate surface area is 89.5 Å². The van der Waals surface area contributed by atoms with E-state index in [2.05, 4.69) is 23.3 Å². The summed E-state index contributed by atoms with van der Waals surface area (Å²) in [7, 11) is 0. The van der Waals surface area contributed by atoms with Crippen LogP contribution < -0.4 is 10.6 Å². The largest absolute Gasteiger partial charge is 0.481 e. The van der Waals surface area contributed by atoms with E-state index < -0.39 is 5.97 Å². The van der Waals surface area contributed by atoms with Gasteiger partial charge in [0.05, 0.1) is 5.75 Å². The molecule has 6 heteroatoms. The Morgan fingerprint density at radius 3 is 1.85 bits per heavy atom. The summed E-state index contributed by atoms with van der Waals surface area (Å²) in [6.07, 6.45) is 0. The SMILES string of the molecule is CCNC(=S)NCC.O=C(O)CS. The van der Waals surface area contributed by atoms with E-state index in [1.54, 1.807) is 0 Å². The monoisotopic (exact) mass is 224 g/mol. The molecule has 0 saturated heterocycles. The third-order valence-electron chi connectivity index (χ3n) is 0.810. The molecule has 0 rings (SSSR count). The van der Waals surface area contributed by atoms with Crippen LogP contribution in [0, 0.1) is 0 Å². The number of aliphatic carboxylic acids is 1. The minimum atomic E-state index is -0.881. The number of rotatable bonds is 3. The lowest BCUT2D eigenvalue weighted by atomic mass is 10.7. The number of carbonyl (C=O) groups is 1. The highest BCUT2D eigenvalue weighted by Crippen LogP contribution is 1.66. The van der Waals surface area contributed by atoms with Gasteiger partial charge in [-0.2, -0.15) is 12.6 Å². The van der Waals surface area contributed by atoms with Crippen LogP contribution in [0.5, 0.6) is 0 Å². The second kappa shape index (κ2) is 11.5. The summed E-state index contributed by atoms with van der Waals surface area (Å²) in [4.78, 5) is 9.29. The predicted molar refractivity (Wildman–Crippen MR) is 61.4 cm³/mol. The van der Waals surface area contributed by atoms with E-state index in [0.717, 1.165) is 18.2 Å². The Balaban J connectivity index is 0. The lowest BCUT2D eigenvalue weighted by Crippen LogP contribution is -2.34. The first kappa shape index (κ1) is 15.0. The summed E-state index contributed by atoms with van der Waals surface area (Å²) >= 11 is 8.25. The van der Waals surface area contributed by atoms with Crippen molar-refractivity contribution in [3.05, 3.63) is 0 Å². The van der Waals surface area contributed by atoms with E-state index in [1.807, 2.05) is 13.8 Å². The molecular weight excluding hydrogens is 208 g/mol. The van der Waals surface area contributed by atoms with Crippen molar-refractivity contribution >= 4 is 35.9 Å². The Kier molecular flexibility index (Phi) is 13.3. The van der Waals surface area contributed by atoms with Gasteiger partial charge in [0, 0.05) is 13.1 Å². The number of thiocarbonyl (C=S) groups is 1. The summed E-state index contributed by atoms with van der Waals surface area (Å²) < 4.78 is 0. The molecule has 0 aromatic rings. The minimum Gasteiger partial charge on any atom is -0.481 e. The van der Waals surface area contributed by atoms with Gasteiger partial charge in [0.2, 0.25) is 0 Å². The molecule has 0 bridgehead atoms. The van der Waals surface area contributed by atoms with Crippen molar-refractivity contribution in [2.75, 3.05) is 18.8 Å². The number of hydrogen-bond acceptors (Lipinski definition) is 3. The summed E-state index contributed by atoms with van der Waals surface area (Å²) in [6.45, 7) is 5.82. The van der Waals surface area contributed by atoms with Gasteiger partial charge < -0.3 is 15.7 Å². The quantitative estimate of drug-likeness (QED) is 0.415. The second-order valence-corrected chi connectivity index (χ2v) is 2.67.